The second-order valence-corrected chi connectivity index (χ2v) is 7.81. The molecule has 0 aromatic carbocycles. The summed E-state index contributed by atoms with van der Waals surface area (Å²) in [4.78, 5) is 20.1. The zero-order chi connectivity index (χ0) is 19.5. The minimum atomic E-state index is -2.61. The number of alkyl halides is 2. The lowest BCUT2D eigenvalue weighted by molar-refractivity contribution is -0.0446. The highest BCUT2D eigenvalue weighted by Gasteiger charge is 2.40. The number of hydrogen-bond donors (Lipinski definition) is 1. The van der Waals surface area contributed by atoms with Gasteiger partial charge < -0.3 is 9.40 Å². The molecular formula is C18H20F2N6O2. The van der Waals surface area contributed by atoms with Crippen LogP contribution in [-0.4, -0.2) is 35.9 Å². The van der Waals surface area contributed by atoms with Crippen LogP contribution in [-0.2, 0) is 0 Å². The normalized spacial score (nSPS) is 25.1. The van der Waals surface area contributed by atoms with E-state index in [2.05, 4.69) is 25.3 Å². The third-order valence-electron chi connectivity index (χ3n) is 6.00. The number of hydrogen-bond acceptors (Lipinski definition) is 6. The van der Waals surface area contributed by atoms with Crippen LogP contribution in [0.2, 0.25) is 0 Å². The molecule has 0 spiro atoms. The molecule has 0 saturated heterocycles. The van der Waals surface area contributed by atoms with Crippen molar-refractivity contribution in [1.29, 1.82) is 0 Å². The molecule has 3 aromatic heterocycles. The number of nitrogens with zero attached hydrogens (tertiary/aromatic N) is 5. The van der Waals surface area contributed by atoms with Gasteiger partial charge in [0.2, 0.25) is 17.7 Å². The van der Waals surface area contributed by atoms with Crippen molar-refractivity contribution in [2.45, 2.75) is 69.2 Å². The van der Waals surface area contributed by atoms with E-state index in [1.165, 1.54) is 6.20 Å². The van der Waals surface area contributed by atoms with E-state index in [0.717, 1.165) is 12.8 Å². The fraction of sp³-hybridized carbons (Fsp3) is 0.611. The number of fused-ring (bicyclic) bond motifs is 1. The molecule has 148 valence electrons. The highest BCUT2D eigenvalue weighted by Crippen LogP contribution is 2.47. The molecule has 1 N–H and O–H groups in total. The van der Waals surface area contributed by atoms with E-state index < -0.39 is 5.92 Å². The second-order valence-electron chi connectivity index (χ2n) is 7.81. The largest absolute Gasteiger partial charge is 0.425 e. The molecule has 2 aliphatic carbocycles. The minimum absolute atomic E-state index is 0.0176. The first-order chi connectivity index (χ1) is 13.4. The van der Waals surface area contributed by atoms with Crippen molar-refractivity contribution in [3.05, 3.63) is 34.2 Å². The Bertz CT molecular complexity index is 1080. The topological polar surface area (TPSA) is 102 Å². The van der Waals surface area contributed by atoms with Crippen LogP contribution in [0.5, 0.6) is 0 Å². The molecule has 0 aliphatic heterocycles. The standard InChI is InChI=1S/C18H20F2N6O2/c1-9-24-25-17(28-9)12-3-2-11(12)14-22-15-13(16(27)23-14)8-21-26(15)10-4-6-18(19,20)7-5-10/h8,10-12H,2-7H2,1H3,(H,22,23,27)/t11-,12-/m0/s1. The number of aromatic amines is 1. The van der Waals surface area contributed by atoms with Gasteiger partial charge in [0.1, 0.15) is 11.2 Å². The molecule has 3 aromatic rings. The van der Waals surface area contributed by atoms with E-state index in [0.29, 0.717) is 41.5 Å². The van der Waals surface area contributed by atoms with Gasteiger partial charge in [0.25, 0.3) is 5.56 Å². The summed E-state index contributed by atoms with van der Waals surface area (Å²) in [6.45, 7) is 1.74. The lowest BCUT2D eigenvalue weighted by Crippen LogP contribution is -2.28. The van der Waals surface area contributed by atoms with Gasteiger partial charge >= 0.3 is 0 Å². The molecule has 2 atom stereocenters. The molecule has 8 nitrogen and oxygen atoms in total. The fourth-order valence-corrected chi connectivity index (χ4v) is 4.25. The van der Waals surface area contributed by atoms with Crippen LogP contribution < -0.4 is 5.56 Å². The molecule has 3 heterocycles. The monoisotopic (exact) mass is 390 g/mol. The van der Waals surface area contributed by atoms with Crippen LogP contribution in [0.4, 0.5) is 8.78 Å². The van der Waals surface area contributed by atoms with Gasteiger partial charge in [-0.2, -0.15) is 5.10 Å². The Morgan fingerprint density at radius 3 is 2.57 bits per heavy atom. The molecule has 5 rings (SSSR count). The number of aromatic nitrogens is 6. The smallest absolute Gasteiger partial charge is 0.262 e. The average molecular weight is 390 g/mol. The summed E-state index contributed by atoms with van der Waals surface area (Å²) in [7, 11) is 0. The Morgan fingerprint density at radius 1 is 1.18 bits per heavy atom. The van der Waals surface area contributed by atoms with Crippen molar-refractivity contribution in [3.8, 4) is 0 Å². The Labute approximate surface area is 158 Å². The maximum absolute atomic E-state index is 13.5. The zero-order valence-corrected chi connectivity index (χ0v) is 15.4. The first kappa shape index (κ1) is 17.4. The molecule has 28 heavy (non-hydrogen) atoms. The molecule has 0 unspecified atom stereocenters. The van der Waals surface area contributed by atoms with E-state index in [4.69, 9.17) is 4.42 Å². The molecule has 0 amide bonds. The van der Waals surface area contributed by atoms with E-state index in [9.17, 15) is 13.6 Å². The van der Waals surface area contributed by atoms with Crippen molar-refractivity contribution >= 4 is 11.0 Å². The molecular weight excluding hydrogens is 370 g/mol. The van der Waals surface area contributed by atoms with E-state index in [1.54, 1.807) is 11.6 Å². The van der Waals surface area contributed by atoms with Gasteiger partial charge in [-0.25, -0.2) is 18.4 Å². The third-order valence-corrected chi connectivity index (χ3v) is 6.00. The lowest BCUT2D eigenvalue weighted by Gasteiger charge is -2.33. The van der Waals surface area contributed by atoms with Gasteiger partial charge in [-0.1, -0.05) is 0 Å². The van der Waals surface area contributed by atoms with Gasteiger partial charge in [-0.05, 0) is 25.7 Å². The summed E-state index contributed by atoms with van der Waals surface area (Å²) < 4.78 is 34.2. The number of H-pyrrole nitrogens is 1. The van der Waals surface area contributed by atoms with Crippen molar-refractivity contribution in [1.82, 2.24) is 29.9 Å². The van der Waals surface area contributed by atoms with Crippen LogP contribution >= 0.6 is 0 Å². The molecule has 10 heteroatoms. The van der Waals surface area contributed by atoms with Crippen molar-refractivity contribution in [2.75, 3.05) is 0 Å². The Balaban J connectivity index is 1.49. The molecule has 2 saturated carbocycles. The number of rotatable bonds is 3. The van der Waals surface area contributed by atoms with Crippen LogP contribution in [0.1, 0.15) is 74.0 Å². The van der Waals surface area contributed by atoms with Crippen molar-refractivity contribution in [2.24, 2.45) is 0 Å². The molecule has 0 bridgehead atoms. The van der Waals surface area contributed by atoms with E-state index in [-0.39, 0.29) is 36.3 Å². The van der Waals surface area contributed by atoms with E-state index >= 15 is 0 Å². The SMILES string of the molecule is Cc1nnc([C@H]2CC[C@@H]2c2nc3c(cnn3C3CCC(F)(F)CC3)c(=O)[nH]2)o1. The maximum atomic E-state index is 13.5. The summed E-state index contributed by atoms with van der Waals surface area (Å²) in [6.07, 6.45) is 3.50. The van der Waals surface area contributed by atoms with Gasteiger partial charge in [0.15, 0.2) is 5.65 Å². The Morgan fingerprint density at radius 2 is 1.93 bits per heavy atom. The van der Waals surface area contributed by atoms with E-state index in [1.807, 2.05) is 0 Å². The average Bonchev–Trinajstić information content (AvgIpc) is 3.21. The third kappa shape index (κ3) is 2.82. The summed E-state index contributed by atoms with van der Waals surface area (Å²) in [5.41, 5.74) is 0.195. The fourth-order valence-electron chi connectivity index (χ4n) is 4.25. The Kier molecular flexibility index (Phi) is 3.85. The number of halogens is 2. The minimum Gasteiger partial charge on any atom is -0.425 e. The maximum Gasteiger partial charge on any atom is 0.262 e. The number of aryl methyl sites for hydroxylation is 1. The van der Waals surface area contributed by atoms with Gasteiger partial charge in [-0.3, -0.25) is 4.79 Å². The lowest BCUT2D eigenvalue weighted by atomic mass is 9.73. The predicted octanol–water partition coefficient (Wildman–Crippen LogP) is 3.22. The Hall–Kier alpha value is -2.65. The van der Waals surface area contributed by atoms with Crippen molar-refractivity contribution < 1.29 is 13.2 Å². The van der Waals surface area contributed by atoms with Crippen LogP contribution in [0.3, 0.4) is 0 Å². The van der Waals surface area contributed by atoms with Crippen LogP contribution in [0.25, 0.3) is 11.0 Å². The zero-order valence-electron chi connectivity index (χ0n) is 15.4. The second kappa shape index (κ2) is 6.18. The summed E-state index contributed by atoms with van der Waals surface area (Å²) >= 11 is 0. The summed E-state index contributed by atoms with van der Waals surface area (Å²) in [6, 6.07) is -0.171. The summed E-state index contributed by atoms with van der Waals surface area (Å²) in [5, 5.41) is 12.7. The quantitative estimate of drug-likeness (QED) is 0.737. The molecule has 2 aliphatic rings. The first-order valence-corrected chi connectivity index (χ1v) is 9.56. The van der Waals surface area contributed by atoms with Gasteiger partial charge in [0.05, 0.1) is 12.2 Å². The van der Waals surface area contributed by atoms with Crippen LogP contribution in [0.15, 0.2) is 15.4 Å². The van der Waals surface area contributed by atoms with Crippen LogP contribution in [0, 0.1) is 6.92 Å². The first-order valence-electron chi connectivity index (χ1n) is 9.56. The number of nitrogens with one attached hydrogen (secondary N) is 1. The van der Waals surface area contributed by atoms with Gasteiger partial charge in [-0.15, -0.1) is 10.2 Å². The summed E-state index contributed by atoms with van der Waals surface area (Å²) in [5.74, 6) is -0.990. The highest BCUT2D eigenvalue weighted by molar-refractivity contribution is 5.73. The van der Waals surface area contributed by atoms with Gasteiger partial charge in [0, 0.05) is 31.6 Å². The highest BCUT2D eigenvalue weighted by atomic mass is 19.3. The van der Waals surface area contributed by atoms with Crippen molar-refractivity contribution in [3.63, 3.8) is 0 Å². The molecule has 0 radical (unpaired) electrons. The predicted molar refractivity (Wildman–Crippen MR) is 94.4 cm³/mol. The molecule has 2 fully saturated rings.